The van der Waals surface area contributed by atoms with E-state index in [1.54, 1.807) is 31.4 Å². The zero-order valence-electron chi connectivity index (χ0n) is 10.6. The normalized spacial score (nSPS) is 11.2. The lowest BCUT2D eigenvalue weighted by Crippen LogP contribution is -2.14. The maximum absolute atomic E-state index is 8.68. The van der Waals surface area contributed by atoms with E-state index in [-0.39, 0.29) is 16.7 Å². The van der Waals surface area contributed by atoms with E-state index in [2.05, 4.69) is 10.1 Å². The molecule has 20 heavy (non-hydrogen) atoms. The average molecular weight is 294 g/mol. The Hall–Kier alpha value is -2.47. The zero-order chi connectivity index (χ0) is 14.5. The molecule has 0 saturated heterocycles. The fourth-order valence-corrected chi connectivity index (χ4v) is 1.75. The van der Waals surface area contributed by atoms with Crippen molar-refractivity contribution in [2.75, 3.05) is 7.11 Å². The molecule has 0 aliphatic carbocycles. The molecule has 3 N–H and O–H groups in total. The molecule has 6 nitrogen and oxygen atoms in total. The molecule has 1 aromatic carbocycles. The van der Waals surface area contributed by atoms with Crippen LogP contribution in [0.3, 0.4) is 0 Å². The summed E-state index contributed by atoms with van der Waals surface area (Å²) in [5, 5.41) is 11.7. The van der Waals surface area contributed by atoms with E-state index < -0.39 is 0 Å². The van der Waals surface area contributed by atoms with E-state index in [4.69, 9.17) is 32.0 Å². The van der Waals surface area contributed by atoms with E-state index in [0.29, 0.717) is 17.1 Å². The summed E-state index contributed by atoms with van der Waals surface area (Å²) in [4.78, 5) is 4.02. The van der Waals surface area contributed by atoms with Crippen molar-refractivity contribution in [1.82, 2.24) is 4.98 Å². The molecular formula is C13H12ClN3O3. The van der Waals surface area contributed by atoms with Gasteiger partial charge in [0, 0.05) is 11.8 Å². The van der Waals surface area contributed by atoms with Crippen molar-refractivity contribution < 1.29 is 14.7 Å². The van der Waals surface area contributed by atoms with Gasteiger partial charge in [0.2, 0.25) is 5.88 Å². The van der Waals surface area contributed by atoms with Crippen LogP contribution in [0.25, 0.3) is 0 Å². The molecule has 0 amide bonds. The second-order valence-corrected chi connectivity index (χ2v) is 4.12. The van der Waals surface area contributed by atoms with Gasteiger partial charge in [0.15, 0.2) is 5.84 Å². The van der Waals surface area contributed by atoms with Crippen LogP contribution in [0.2, 0.25) is 5.02 Å². The first kappa shape index (κ1) is 14.0. The third-order valence-electron chi connectivity index (χ3n) is 2.51. The quantitative estimate of drug-likeness (QED) is 0.391. The number of hydrogen-bond acceptors (Lipinski definition) is 5. The molecule has 0 atom stereocenters. The minimum absolute atomic E-state index is 0.114. The molecule has 2 aromatic rings. The van der Waals surface area contributed by atoms with Gasteiger partial charge in [0.1, 0.15) is 16.5 Å². The van der Waals surface area contributed by atoms with Crippen molar-refractivity contribution >= 4 is 17.4 Å². The maximum atomic E-state index is 8.68. The number of methoxy groups -OCH3 is 1. The number of nitrogens with two attached hydrogens (primary N) is 1. The third-order valence-corrected chi connectivity index (χ3v) is 2.88. The molecule has 0 saturated carbocycles. The summed E-state index contributed by atoms with van der Waals surface area (Å²) in [5.74, 6) is 1.30. The number of amidine groups is 1. The van der Waals surface area contributed by atoms with Gasteiger partial charge in [0.05, 0.1) is 7.11 Å². The Morgan fingerprint density at radius 3 is 2.50 bits per heavy atom. The minimum Gasteiger partial charge on any atom is -0.497 e. The number of nitrogens with zero attached hydrogens (tertiary/aromatic N) is 2. The summed E-state index contributed by atoms with van der Waals surface area (Å²) in [6.07, 6.45) is 1.46. The van der Waals surface area contributed by atoms with Gasteiger partial charge in [-0.25, -0.2) is 4.98 Å². The molecule has 0 unspecified atom stereocenters. The van der Waals surface area contributed by atoms with Gasteiger partial charge < -0.3 is 20.4 Å². The summed E-state index contributed by atoms with van der Waals surface area (Å²) in [6.45, 7) is 0. The van der Waals surface area contributed by atoms with Crippen LogP contribution in [0.1, 0.15) is 5.56 Å². The highest BCUT2D eigenvalue weighted by atomic mass is 35.5. The first-order chi connectivity index (χ1) is 9.65. The number of oxime groups is 1. The monoisotopic (exact) mass is 293 g/mol. The highest BCUT2D eigenvalue weighted by Gasteiger charge is 2.13. The van der Waals surface area contributed by atoms with Crippen LogP contribution in [-0.4, -0.2) is 23.1 Å². The lowest BCUT2D eigenvalue weighted by Gasteiger charge is -2.09. The van der Waals surface area contributed by atoms with Crippen molar-refractivity contribution in [2.24, 2.45) is 10.9 Å². The SMILES string of the molecule is COc1ccc(Oc2nccc(/C(N)=N/O)c2Cl)cc1. The smallest absolute Gasteiger partial charge is 0.238 e. The van der Waals surface area contributed by atoms with Gasteiger partial charge in [-0.05, 0) is 30.3 Å². The molecule has 0 bridgehead atoms. The van der Waals surface area contributed by atoms with Gasteiger partial charge in [0.25, 0.3) is 0 Å². The number of pyridine rings is 1. The molecule has 0 radical (unpaired) electrons. The molecule has 1 aromatic heterocycles. The van der Waals surface area contributed by atoms with Crippen molar-refractivity contribution in [1.29, 1.82) is 0 Å². The first-order valence-corrected chi connectivity index (χ1v) is 5.98. The average Bonchev–Trinajstić information content (AvgIpc) is 2.49. The summed E-state index contributed by atoms with van der Waals surface area (Å²) in [5.41, 5.74) is 5.85. The number of rotatable bonds is 4. The second-order valence-electron chi connectivity index (χ2n) is 3.74. The topological polar surface area (TPSA) is 90.0 Å². The molecule has 2 rings (SSSR count). The Balaban J connectivity index is 2.29. The van der Waals surface area contributed by atoms with Crippen LogP contribution in [0.15, 0.2) is 41.7 Å². The second kappa shape index (κ2) is 6.12. The number of benzene rings is 1. The molecule has 0 spiro atoms. The molecule has 104 valence electrons. The van der Waals surface area contributed by atoms with Crippen LogP contribution in [0, 0.1) is 0 Å². The van der Waals surface area contributed by atoms with E-state index in [1.165, 1.54) is 12.3 Å². The Kier molecular flexibility index (Phi) is 4.27. The molecular weight excluding hydrogens is 282 g/mol. The van der Waals surface area contributed by atoms with Crippen molar-refractivity contribution in [2.45, 2.75) is 0 Å². The molecule has 0 aliphatic rings. The molecule has 0 aliphatic heterocycles. The van der Waals surface area contributed by atoms with E-state index in [9.17, 15) is 0 Å². The van der Waals surface area contributed by atoms with Gasteiger partial charge in [-0.1, -0.05) is 16.8 Å². The molecule has 1 heterocycles. The van der Waals surface area contributed by atoms with Crippen LogP contribution in [-0.2, 0) is 0 Å². The van der Waals surface area contributed by atoms with E-state index >= 15 is 0 Å². The summed E-state index contributed by atoms with van der Waals surface area (Å²) >= 11 is 6.11. The van der Waals surface area contributed by atoms with Gasteiger partial charge >= 0.3 is 0 Å². The standard InChI is InChI=1S/C13H12ClN3O3/c1-19-8-2-4-9(5-3-8)20-13-11(14)10(6-7-16-13)12(15)17-18/h2-7,18H,1H3,(H2,15,17). The highest BCUT2D eigenvalue weighted by molar-refractivity contribution is 6.35. The Bertz CT molecular complexity index is 629. The lowest BCUT2D eigenvalue weighted by molar-refractivity contribution is 0.318. The predicted molar refractivity (Wildman–Crippen MR) is 74.8 cm³/mol. The number of halogens is 1. The van der Waals surface area contributed by atoms with Gasteiger partial charge in [-0.2, -0.15) is 0 Å². The van der Waals surface area contributed by atoms with Crippen LogP contribution in [0.4, 0.5) is 0 Å². The van der Waals surface area contributed by atoms with Crippen molar-refractivity contribution in [3.05, 3.63) is 47.1 Å². The zero-order valence-corrected chi connectivity index (χ0v) is 11.3. The van der Waals surface area contributed by atoms with E-state index in [0.717, 1.165) is 0 Å². The van der Waals surface area contributed by atoms with Gasteiger partial charge in [-0.3, -0.25) is 0 Å². The Morgan fingerprint density at radius 1 is 1.25 bits per heavy atom. The minimum atomic E-state index is -0.114. The molecule has 0 fully saturated rings. The fourth-order valence-electron chi connectivity index (χ4n) is 1.50. The van der Waals surface area contributed by atoms with Crippen LogP contribution >= 0.6 is 11.6 Å². The van der Waals surface area contributed by atoms with E-state index in [1.807, 2.05) is 0 Å². The van der Waals surface area contributed by atoms with Crippen LogP contribution in [0.5, 0.6) is 17.4 Å². The largest absolute Gasteiger partial charge is 0.497 e. The Morgan fingerprint density at radius 2 is 1.90 bits per heavy atom. The highest BCUT2D eigenvalue weighted by Crippen LogP contribution is 2.30. The predicted octanol–water partition coefficient (Wildman–Crippen LogP) is 2.63. The lowest BCUT2D eigenvalue weighted by atomic mass is 10.2. The summed E-state index contributed by atoms with van der Waals surface area (Å²) < 4.78 is 10.6. The first-order valence-electron chi connectivity index (χ1n) is 5.60. The number of aromatic nitrogens is 1. The summed E-state index contributed by atoms with van der Waals surface area (Å²) in [7, 11) is 1.58. The van der Waals surface area contributed by atoms with Crippen LogP contribution < -0.4 is 15.2 Å². The maximum Gasteiger partial charge on any atom is 0.238 e. The fraction of sp³-hybridized carbons (Fsp3) is 0.0769. The Labute approximate surface area is 120 Å². The van der Waals surface area contributed by atoms with Crippen molar-refractivity contribution in [3.63, 3.8) is 0 Å². The van der Waals surface area contributed by atoms with Crippen molar-refractivity contribution in [3.8, 4) is 17.4 Å². The number of ether oxygens (including phenoxy) is 2. The van der Waals surface area contributed by atoms with Gasteiger partial charge in [-0.15, -0.1) is 0 Å². The third kappa shape index (κ3) is 2.92. The summed E-state index contributed by atoms with van der Waals surface area (Å²) in [6, 6.07) is 8.45. The number of hydrogen-bond donors (Lipinski definition) is 2. The molecule has 7 heteroatoms.